The number of fused-ring (bicyclic) bond motifs is 1. The number of amides is 5. The number of urea groups is 1. The number of benzene rings is 2. The zero-order valence-corrected chi connectivity index (χ0v) is 19.2. The average Bonchev–Trinajstić information content (AvgIpc) is 3.18. The number of halogens is 2. The fourth-order valence-corrected chi connectivity index (χ4v) is 4.50. The van der Waals surface area contributed by atoms with Crippen molar-refractivity contribution in [3.63, 3.8) is 0 Å². The van der Waals surface area contributed by atoms with Gasteiger partial charge in [-0.1, -0.05) is 35.3 Å². The standard InChI is InChI=1S/C23H22Cl2N4O4/c1-11(12-3-6-17(24)18(25)9-12)27-23(33)29-21(31)13-2-4-15-14(8-13)10-26-20(15)16-5-7-19(30)28-22(16)32/h2-4,6,8-9,11,16,20,26H,5,7,10H2,1H3,(H,28,30,32)(H2,27,29,31,33). The second-order valence-corrected chi connectivity index (χ2v) is 8.97. The molecule has 2 aromatic rings. The molecule has 2 aliphatic rings. The van der Waals surface area contributed by atoms with E-state index < -0.39 is 18.0 Å². The molecule has 172 valence electrons. The summed E-state index contributed by atoms with van der Waals surface area (Å²) < 4.78 is 0. The zero-order valence-electron chi connectivity index (χ0n) is 17.7. The number of imide groups is 2. The average molecular weight is 489 g/mol. The van der Waals surface area contributed by atoms with Crippen molar-refractivity contribution in [3.8, 4) is 0 Å². The van der Waals surface area contributed by atoms with E-state index in [9.17, 15) is 19.2 Å². The molecular weight excluding hydrogens is 467 g/mol. The van der Waals surface area contributed by atoms with Gasteiger partial charge in [-0.2, -0.15) is 0 Å². The van der Waals surface area contributed by atoms with E-state index in [1.54, 1.807) is 43.3 Å². The van der Waals surface area contributed by atoms with Crippen molar-refractivity contribution in [2.45, 2.75) is 38.4 Å². The Morgan fingerprint density at radius 1 is 1.09 bits per heavy atom. The number of carbonyl (C=O) groups excluding carboxylic acids is 4. The van der Waals surface area contributed by atoms with Crippen LogP contribution in [0, 0.1) is 5.92 Å². The van der Waals surface area contributed by atoms with Crippen molar-refractivity contribution < 1.29 is 19.2 Å². The third kappa shape index (κ3) is 5.03. The molecule has 8 nitrogen and oxygen atoms in total. The molecule has 0 saturated carbocycles. The number of piperidine rings is 1. The Morgan fingerprint density at radius 3 is 2.61 bits per heavy atom. The Labute approximate surface area is 200 Å². The van der Waals surface area contributed by atoms with Crippen molar-refractivity contribution in [1.82, 2.24) is 21.3 Å². The first-order chi connectivity index (χ1) is 15.7. The summed E-state index contributed by atoms with van der Waals surface area (Å²) in [4.78, 5) is 48.6. The number of carbonyl (C=O) groups is 4. The normalized spacial score (nSPS) is 20.6. The van der Waals surface area contributed by atoms with Crippen LogP contribution in [0.2, 0.25) is 10.0 Å². The molecule has 0 aromatic heterocycles. The number of nitrogens with one attached hydrogen (secondary N) is 4. The smallest absolute Gasteiger partial charge is 0.322 e. The van der Waals surface area contributed by atoms with E-state index in [-0.39, 0.29) is 23.8 Å². The van der Waals surface area contributed by atoms with Crippen molar-refractivity contribution in [2.24, 2.45) is 5.92 Å². The summed E-state index contributed by atoms with van der Waals surface area (Å²) in [6.07, 6.45) is 0.779. The predicted molar refractivity (Wildman–Crippen MR) is 123 cm³/mol. The summed E-state index contributed by atoms with van der Waals surface area (Å²) in [6.45, 7) is 2.25. The molecule has 4 rings (SSSR count). The molecule has 2 aliphatic heterocycles. The minimum absolute atomic E-state index is 0.222. The summed E-state index contributed by atoms with van der Waals surface area (Å²) in [5.74, 6) is -1.43. The van der Waals surface area contributed by atoms with E-state index in [0.717, 1.165) is 16.7 Å². The van der Waals surface area contributed by atoms with Crippen LogP contribution in [0.1, 0.15) is 58.9 Å². The van der Waals surface area contributed by atoms with Crippen LogP contribution in [0.5, 0.6) is 0 Å². The van der Waals surface area contributed by atoms with E-state index in [0.29, 0.717) is 35.0 Å². The molecule has 0 radical (unpaired) electrons. The maximum absolute atomic E-state index is 12.6. The molecule has 3 atom stereocenters. The summed E-state index contributed by atoms with van der Waals surface area (Å²) in [5, 5.41) is 11.5. The van der Waals surface area contributed by atoms with Crippen LogP contribution in [-0.4, -0.2) is 23.8 Å². The topological polar surface area (TPSA) is 116 Å². The highest BCUT2D eigenvalue weighted by molar-refractivity contribution is 6.42. The van der Waals surface area contributed by atoms with Gasteiger partial charge < -0.3 is 10.6 Å². The molecule has 0 spiro atoms. The van der Waals surface area contributed by atoms with Gasteiger partial charge in [0.15, 0.2) is 0 Å². The van der Waals surface area contributed by atoms with Crippen molar-refractivity contribution in [2.75, 3.05) is 0 Å². The molecule has 10 heteroatoms. The Morgan fingerprint density at radius 2 is 1.88 bits per heavy atom. The highest BCUT2D eigenvalue weighted by atomic mass is 35.5. The van der Waals surface area contributed by atoms with Gasteiger partial charge in [-0.3, -0.25) is 25.0 Å². The van der Waals surface area contributed by atoms with E-state index in [4.69, 9.17) is 23.2 Å². The third-order valence-corrected chi connectivity index (χ3v) is 6.69. The molecule has 1 fully saturated rings. The second-order valence-electron chi connectivity index (χ2n) is 8.15. The summed E-state index contributed by atoms with van der Waals surface area (Å²) in [5.41, 5.74) is 2.87. The zero-order chi connectivity index (χ0) is 23.7. The monoisotopic (exact) mass is 488 g/mol. The molecule has 2 heterocycles. The maximum atomic E-state index is 12.6. The molecule has 33 heavy (non-hydrogen) atoms. The Hall–Kier alpha value is -2.94. The van der Waals surface area contributed by atoms with E-state index in [1.807, 2.05) is 0 Å². The second kappa shape index (κ2) is 9.51. The highest BCUT2D eigenvalue weighted by Gasteiger charge is 2.37. The van der Waals surface area contributed by atoms with Crippen LogP contribution >= 0.6 is 23.2 Å². The van der Waals surface area contributed by atoms with Crippen LogP contribution in [0.3, 0.4) is 0 Å². The van der Waals surface area contributed by atoms with Crippen molar-refractivity contribution in [3.05, 3.63) is 68.7 Å². The molecule has 0 bridgehead atoms. The highest BCUT2D eigenvalue weighted by Crippen LogP contribution is 2.35. The van der Waals surface area contributed by atoms with E-state index >= 15 is 0 Å². The van der Waals surface area contributed by atoms with Crippen LogP contribution in [0.4, 0.5) is 4.79 Å². The van der Waals surface area contributed by atoms with Gasteiger partial charge >= 0.3 is 6.03 Å². The largest absolute Gasteiger partial charge is 0.331 e. The van der Waals surface area contributed by atoms with E-state index in [2.05, 4.69) is 21.3 Å². The molecule has 4 N–H and O–H groups in total. The van der Waals surface area contributed by atoms with Gasteiger partial charge in [-0.25, -0.2) is 4.79 Å². The molecule has 3 unspecified atom stereocenters. The Kier molecular flexibility index (Phi) is 6.69. The van der Waals surface area contributed by atoms with Crippen LogP contribution < -0.4 is 21.3 Å². The van der Waals surface area contributed by atoms with Gasteiger partial charge in [0.25, 0.3) is 5.91 Å². The Bertz CT molecular complexity index is 1150. The molecule has 5 amide bonds. The first-order valence-electron chi connectivity index (χ1n) is 10.5. The lowest BCUT2D eigenvalue weighted by Crippen LogP contribution is -2.44. The minimum Gasteiger partial charge on any atom is -0.331 e. The lowest BCUT2D eigenvalue weighted by molar-refractivity contribution is -0.137. The van der Waals surface area contributed by atoms with Crippen LogP contribution in [0.25, 0.3) is 0 Å². The van der Waals surface area contributed by atoms with Gasteiger partial charge in [0.05, 0.1) is 22.0 Å². The third-order valence-electron chi connectivity index (χ3n) is 5.96. The Balaban J connectivity index is 1.39. The summed E-state index contributed by atoms with van der Waals surface area (Å²) in [7, 11) is 0. The maximum Gasteiger partial charge on any atom is 0.322 e. The van der Waals surface area contributed by atoms with Crippen molar-refractivity contribution >= 4 is 47.0 Å². The molecule has 2 aromatic carbocycles. The number of rotatable bonds is 4. The quantitative estimate of drug-likeness (QED) is 0.492. The molecular formula is C23H22Cl2N4O4. The van der Waals surface area contributed by atoms with Crippen LogP contribution in [-0.2, 0) is 16.1 Å². The predicted octanol–water partition coefficient (Wildman–Crippen LogP) is 3.39. The van der Waals surface area contributed by atoms with Gasteiger partial charge in [0, 0.05) is 24.6 Å². The van der Waals surface area contributed by atoms with Gasteiger partial charge in [0.1, 0.15) is 0 Å². The van der Waals surface area contributed by atoms with Crippen molar-refractivity contribution in [1.29, 1.82) is 0 Å². The van der Waals surface area contributed by atoms with Gasteiger partial charge in [-0.05, 0) is 54.3 Å². The lowest BCUT2D eigenvalue weighted by atomic mass is 9.86. The van der Waals surface area contributed by atoms with Gasteiger partial charge in [0.2, 0.25) is 11.8 Å². The fraction of sp³-hybridized carbons (Fsp3) is 0.304. The first kappa shape index (κ1) is 23.2. The first-order valence-corrected chi connectivity index (χ1v) is 11.2. The summed E-state index contributed by atoms with van der Waals surface area (Å²) in [6, 6.07) is 8.90. The SMILES string of the molecule is CC(NC(=O)NC(=O)c1ccc2c(c1)CNC2C1CCC(=O)NC1=O)c1ccc(Cl)c(Cl)c1. The van der Waals surface area contributed by atoms with Gasteiger partial charge in [-0.15, -0.1) is 0 Å². The number of hydrogen-bond donors (Lipinski definition) is 4. The minimum atomic E-state index is -0.640. The summed E-state index contributed by atoms with van der Waals surface area (Å²) >= 11 is 11.9. The van der Waals surface area contributed by atoms with Crippen LogP contribution in [0.15, 0.2) is 36.4 Å². The number of hydrogen-bond acceptors (Lipinski definition) is 5. The molecule has 0 aliphatic carbocycles. The van der Waals surface area contributed by atoms with E-state index in [1.165, 1.54) is 0 Å². The lowest BCUT2D eigenvalue weighted by Gasteiger charge is -2.26. The fourth-order valence-electron chi connectivity index (χ4n) is 4.19. The molecule has 1 saturated heterocycles.